The van der Waals surface area contributed by atoms with Gasteiger partial charge in [0.25, 0.3) is 0 Å². The maximum absolute atomic E-state index is 6.09. The topological polar surface area (TPSA) is 77.6 Å². The number of hydrogen-bond acceptors (Lipinski definition) is 6. The van der Waals surface area contributed by atoms with E-state index in [2.05, 4.69) is 15.0 Å². The van der Waals surface area contributed by atoms with E-state index in [0.717, 1.165) is 32.2 Å². The molecule has 0 atom stereocenters. The Kier molecular flexibility index (Phi) is 4.26. The molecule has 3 aromatic heterocycles. The molecular weight excluding hydrogens is 306 g/mol. The third-order valence-electron chi connectivity index (χ3n) is 3.74. The second-order valence-electron chi connectivity index (χ2n) is 5.45. The van der Waals surface area contributed by atoms with Crippen molar-refractivity contribution in [2.45, 2.75) is 46.5 Å². The maximum atomic E-state index is 6.09. The number of anilines is 1. The van der Waals surface area contributed by atoms with Crippen molar-refractivity contribution < 1.29 is 1.43 Å². The van der Waals surface area contributed by atoms with Crippen molar-refractivity contribution >= 4 is 27.4 Å². The molecule has 1 fully saturated rings. The molecule has 3 aromatic rings. The maximum Gasteiger partial charge on any atom is 0.137 e. The van der Waals surface area contributed by atoms with Gasteiger partial charge in [-0.15, -0.1) is 11.3 Å². The van der Waals surface area contributed by atoms with Gasteiger partial charge in [0.2, 0.25) is 0 Å². The first kappa shape index (κ1) is 15.8. The minimum absolute atomic E-state index is 0. The van der Waals surface area contributed by atoms with Crippen molar-refractivity contribution in [3.63, 3.8) is 0 Å². The summed E-state index contributed by atoms with van der Waals surface area (Å²) in [7, 11) is 0. The van der Waals surface area contributed by atoms with Crippen molar-refractivity contribution in [3.05, 3.63) is 29.5 Å². The second-order valence-corrected chi connectivity index (χ2v) is 6.48. The van der Waals surface area contributed by atoms with E-state index in [1.165, 1.54) is 12.8 Å². The van der Waals surface area contributed by atoms with Crippen LogP contribution in [0.25, 0.3) is 20.8 Å². The monoisotopic (exact) mass is 329 g/mol. The molecule has 122 valence electrons. The van der Waals surface area contributed by atoms with Gasteiger partial charge < -0.3 is 5.73 Å². The average Bonchev–Trinajstić information content (AvgIpc) is 3.27. The molecule has 0 bridgehead atoms. The van der Waals surface area contributed by atoms with Crippen LogP contribution >= 0.6 is 11.3 Å². The van der Waals surface area contributed by atoms with Crippen LogP contribution < -0.4 is 5.73 Å². The number of rotatable bonds is 2. The molecule has 4 rings (SSSR count). The molecule has 6 heteroatoms. The molecule has 1 aliphatic carbocycles. The number of hydrogen-bond donors (Lipinski definition) is 1. The van der Waals surface area contributed by atoms with E-state index >= 15 is 0 Å². The van der Waals surface area contributed by atoms with E-state index < -0.39 is 0 Å². The zero-order valence-electron chi connectivity index (χ0n) is 13.9. The fraction of sp³-hybridized carbons (Fsp3) is 0.412. The Hall–Kier alpha value is -2.08. The Morgan fingerprint density at radius 3 is 2.57 bits per heavy atom. The highest BCUT2D eigenvalue weighted by molar-refractivity contribution is 7.21. The molecule has 0 unspecified atom stereocenters. The predicted molar refractivity (Wildman–Crippen MR) is 97.8 cm³/mol. The minimum Gasteiger partial charge on any atom is -0.383 e. The van der Waals surface area contributed by atoms with Crippen molar-refractivity contribution in [2.75, 3.05) is 5.73 Å². The first-order valence-electron chi connectivity index (χ1n) is 8.00. The molecule has 0 aliphatic heterocycles. The van der Waals surface area contributed by atoms with Crippen molar-refractivity contribution in [1.82, 2.24) is 19.9 Å². The van der Waals surface area contributed by atoms with Crippen LogP contribution in [0.2, 0.25) is 0 Å². The predicted octanol–water partition coefficient (Wildman–Crippen LogP) is 4.50. The normalized spacial score (nSPS) is 13.7. The Balaban J connectivity index is 0.000000670. The van der Waals surface area contributed by atoms with Crippen LogP contribution in [0, 0.1) is 13.8 Å². The molecule has 0 spiro atoms. The van der Waals surface area contributed by atoms with Gasteiger partial charge >= 0.3 is 0 Å². The molecule has 0 amide bonds. The standard InChI is InChI=1S/C15H15N5S.C2H6.H2/c1-7-11(14(16)19-8(2)18-7)15-20-13-10(21-15)5-6-17-12(13)9-3-4-9;1-2;/h5-6,9H,3-4H2,1-2H3,(H2,16,18,19);1-2H3;1H. The quantitative estimate of drug-likeness (QED) is 0.749. The first-order chi connectivity index (χ1) is 11.1. The lowest BCUT2D eigenvalue weighted by atomic mass is 10.2. The third-order valence-corrected chi connectivity index (χ3v) is 4.78. The Bertz CT molecular complexity index is 834. The van der Waals surface area contributed by atoms with Gasteiger partial charge in [-0.05, 0) is 32.8 Å². The van der Waals surface area contributed by atoms with Gasteiger partial charge in [-0.3, -0.25) is 4.98 Å². The first-order valence-corrected chi connectivity index (χ1v) is 8.81. The van der Waals surface area contributed by atoms with Gasteiger partial charge in [0.15, 0.2) is 0 Å². The van der Waals surface area contributed by atoms with E-state index in [0.29, 0.717) is 17.6 Å². The summed E-state index contributed by atoms with van der Waals surface area (Å²) in [4.78, 5) is 18.0. The molecule has 2 N–H and O–H groups in total. The summed E-state index contributed by atoms with van der Waals surface area (Å²) in [5, 5.41) is 0.884. The average molecular weight is 329 g/mol. The van der Waals surface area contributed by atoms with E-state index in [1.807, 2.05) is 40.0 Å². The van der Waals surface area contributed by atoms with E-state index in [9.17, 15) is 0 Å². The van der Waals surface area contributed by atoms with Gasteiger partial charge in [0.1, 0.15) is 22.2 Å². The van der Waals surface area contributed by atoms with Crippen LogP contribution in [0.5, 0.6) is 0 Å². The molecule has 5 nitrogen and oxygen atoms in total. The summed E-state index contributed by atoms with van der Waals surface area (Å²) in [6.45, 7) is 7.80. The largest absolute Gasteiger partial charge is 0.383 e. The summed E-state index contributed by atoms with van der Waals surface area (Å²) in [5.74, 6) is 1.77. The Labute approximate surface area is 141 Å². The van der Waals surface area contributed by atoms with Gasteiger partial charge in [-0.25, -0.2) is 15.0 Å². The molecule has 0 saturated heterocycles. The summed E-state index contributed by atoms with van der Waals surface area (Å²) < 4.78 is 1.15. The molecule has 1 aliphatic rings. The van der Waals surface area contributed by atoms with Gasteiger partial charge in [0.05, 0.1) is 21.7 Å². The number of aryl methyl sites for hydroxylation is 2. The van der Waals surface area contributed by atoms with Gasteiger partial charge in [0, 0.05) is 13.5 Å². The number of nitrogen functional groups attached to an aromatic ring is 1. The smallest absolute Gasteiger partial charge is 0.137 e. The fourth-order valence-corrected chi connectivity index (χ4v) is 3.72. The van der Waals surface area contributed by atoms with Crippen molar-refractivity contribution in [2.24, 2.45) is 0 Å². The van der Waals surface area contributed by atoms with E-state index in [4.69, 9.17) is 10.7 Å². The lowest BCUT2D eigenvalue weighted by molar-refractivity contribution is 1.02. The number of aromatic nitrogens is 4. The number of pyridine rings is 1. The molecule has 1 saturated carbocycles. The molecule has 0 radical (unpaired) electrons. The zero-order valence-corrected chi connectivity index (χ0v) is 14.7. The highest BCUT2D eigenvalue weighted by Gasteiger charge is 2.28. The SMILES string of the molecule is CC.Cc1nc(C)c(-c2nc3c(C4CC4)nccc3s2)c(N)n1.[HH]. The summed E-state index contributed by atoms with van der Waals surface area (Å²) in [5.41, 5.74) is 9.95. The summed E-state index contributed by atoms with van der Waals surface area (Å²) in [6, 6.07) is 2.02. The van der Waals surface area contributed by atoms with Crippen LogP contribution in [-0.2, 0) is 0 Å². The number of nitrogens with zero attached hydrogens (tertiary/aromatic N) is 4. The summed E-state index contributed by atoms with van der Waals surface area (Å²) in [6.07, 6.45) is 4.31. The number of nitrogens with two attached hydrogens (primary N) is 1. The van der Waals surface area contributed by atoms with Crippen LogP contribution in [-0.4, -0.2) is 19.9 Å². The van der Waals surface area contributed by atoms with Gasteiger partial charge in [-0.1, -0.05) is 13.8 Å². The fourth-order valence-electron chi connectivity index (χ4n) is 2.64. The Morgan fingerprint density at radius 1 is 1.17 bits per heavy atom. The third kappa shape index (κ3) is 2.91. The molecular formula is C17H23N5S. The zero-order chi connectivity index (χ0) is 16.6. The summed E-state index contributed by atoms with van der Waals surface area (Å²) >= 11 is 1.63. The Morgan fingerprint density at radius 2 is 1.91 bits per heavy atom. The molecule has 23 heavy (non-hydrogen) atoms. The van der Waals surface area contributed by atoms with E-state index in [-0.39, 0.29) is 1.43 Å². The highest BCUT2D eigenvalue weighted by atomic mass is 32.1. The lowest BCUT2D eigenvalue weighted by Crippen LogP contribution is -2.01. The number of thiazole rings is 1. The van der Waals surface area contributed by atoms with Crippen molar-refractivity contribution in [1.29, 1.82) is 0 Å². The van der Waals surface area contributed by atoms with Gasteiger partial charge in [-0.2, -0.15) is 0 Å². The highest BCUT2D eigenvalue weighted by Crippen LogP contribution is 2.43. The lowest BCUT2D eigenvalue weighted by Gasteiger charge is -2.05. The molecule has 3 heterocycles. The van der Waals surface area contributed by atoms with Crippen LogP contribution in [0.1, 0.15) is 51.2 Å². The molecule has 0 aromatic carbocycles. The van der Waals surface area contributed by atoms with Crippen LogP contribution in [0.3, 0.4) is 0 Å². The minimum atomic E-state index is 0. The van der Waals surface area contributed by atoms with Crippen LogP contribution in [0.4, 0.5) is 5.82 Å². The van der Waals surface area contributed by atoms with Crippen molar-refractivity contribution in [3.8, 4) is 10.6 Å². The van der Waals surface area contributed by atoms with E-state index in [1.54, 1.807) is 11.3 Å². The second kappa shape index (κ2) is 6.20. The van der Waals surface area contributed by atoms with Crippen LogP contribution in [0.15, 0.2) is 12.3 Å². The number of fused-ring (bicyclic) bond motifs is 1.